The van der Waals surface area contributed by atoms with E-state index in [9.17, 15) is 9.59 Å². The van der Waals surface area contributed by atoms with E-state index in [0.29, 0.717) is 33.2 Å². The Hall–Kier alpha value is -3.65. The highest BCUT2D eigenvalue weighted by atomic mass is 32.1. The van der Waals surface area contributed by atoms with Crippen molar-refractivity contribution in [3.63, 3.8) is 0 Å². The first-order chi connectivity index (χ1) is 15.4. The number of methoxy groups -OCH3 is 2. The van der Waals surface area contributed by atoms with E-state index in [0.717, 1.165) is 11.3 Å². The molecule has 7 nitrogen and oxygen atoms in total. The third kappa shape index (κ3) is 2.90. The first-order valence-electron chi connectivity index (χ1n) is 9.98. The quantitative estimate of drug-likeness (QED) is 0.453. The van der Waals surface area contributed by atoms with Crippen molar-refractivity contribution in [1.82, 2.24) is 4.98 Å². The molecule has 1 aliphatic heterocycles. The molecule has 0 N–H and O–H groups in total. The zero-order valence-corrected chi connectivity index (χ0v) is 18.8. The number of anilines is 1. The molecule has 32 heavy (non-hydrogen) atoms. The van der Waals surface area contributed by atoms with E-state index >= 15 is 0 Å². The van der Waals surface area contributed by atoms with Crippen molar-refractivity contribution < 1.29 is 18.7 Å². The molecule has 5 rings (SSSR count). The Bertz CT molecular complexity index is 1440. The van der Waals surface area contributed by atoms with Crippen molar-refractivity contribution in [2.45, 2.75) is 19.9 Å². The highest BCUT2D eigenvalue weighted by molar-refractivity contribution is 7.14. The van der Waals surface area contributed by atoms with Crippen LogP contribution in [0.25, 0.3) is 11.0 Å². The molecule has 0 saturated carbocycles. The molecule has 0 bridgehead atoms. The van der Waals surface area contributed by atoms with Gasteiger partial charge in [0.1, 0.15) is 11.6 Å². The number of carbonyl (C=O) groups is 1. The van der Waals surface area contributed by atoms with Crippen LogP contribution in [0.5, 0.6) is 11.5 Å². The summed E-state index contributed by atoms with van der Waals surface area (Å²) < 4.78 is 17.1. The minimum atomic E-state index is -0.769. The zero-order chi connectivity index (χ0) is 22.6. The first-order valence-corrected chi connectivity index (χ1v) is 10.9. The van der Waals surface area contributed by atoms with Crippen LogP contribution in [0.2, 0.25) is 0 Å². The van der Waals surface area contributed by atoms with Crippen LogP contribution in [-0.4, -0.2) is 25.1 Å². The summed E-state index contributed by atoms with van der Waals surface area (Å²) in [7, 11) is 3.07. The van der Waals surface area contributed by atoms with Crippen LogP contribution in [0.4, 0.5) is 5.13 Å². The number of aromatic nitrogens is 1. The van der Waals surface area contributed by atoms with Crippen molar-refractivity contribution >= 4 is 33.3 Å². The fourth-order valence-corrected chi connectivity index (χ4v) is 4.99. The largest absolute Gasteiger partial charge is 0.493 e. The molecule has 162 valence electrons. The van der Waals surface area contributed by atoms with E-state index in [2.05, 4.69) is 4.98 Å². The lowest BCUT2D eigenvalue weighted by Gasteiger charge is -2.24. The summed E-state index contributed by atoms with van der Waals surface area (Å²) in [5, 5.41) is 2.77. The number of ether oxygens (including phenoxy) is 2. The Morgan fingerprint density at radius 1 is 1.09 bits per heavy atom. The van der Waals surface area contributed by atoms with Gasteiger partial charge in [-0.1, -0.05) is 23.8 Å². The Kier molecular flexibility index (Phi) is 4.74. The van der Waals surface area contributed by atoms with Gasteiger partial charge in [-0.3, -0.25) is 14.5 Å². The predicted molar refractivity (Wildman–Crippen MR) is 122 cm³/mol. The minimum Gasteiger partial charge on any atom is -0.493 e. The molecule has 1 atom stereocenters. The smallest absolute Gasteiger partial charge is 0.297 e. The Labute approximate surface area is 187 Å². The van der Waals surface area contributed by atoms with Crippen LogP contribution < -0.4 is 19.8 Å². The zero-order valence-electron chi connectivity index (χ0n) is 18.0. The SMILES string of the molecule is COc1cccc([C@H]2c3c(oc4ccc(C)cc4c3=O)C(=O)N2c2nc(C)cs2)c1OC. The Morgan fingerprint density at radius 3 is 2.59 bits per heavy atom. The van der Waals surface area contributed by atoms with E-state index in [-0.39, 0.29) is 16.8 Å². The van der Waals surface area contributed by atoms with Crippen molar-refractivity contribution in [1.29, 1.82) is 0 Å². The summed E-state index contributed by atoms with van der Waals surface area (Å²) in [5.74, 6) is 0.558. The molecule has 1 aliphatic rings. The summed E-state index contributed by atoms with van der Waals surface area (Å²) >= 11 is 1.33. The number of fused-ring (bicyclic) bond motifs is 2. The van der Waals surface area contributed by atoms with Gasteiger partial charge in [-0.2, -0.15) is 0 Å². The molecule has 1 amide bonds. The highest BCUT2D eigenvalue weighted by Gasteiger charge is 2.46. The van der Waals surface area contributed by atoms with E-state index in [4.69, 9.17) is 13.9 Å². The average Bonchev–Trinajstić information content (AvgIpc) is 3.34. The second-order valence-electron chi connectivity index (χ2n) is 7.61. The van der Waals surface area contributed by atoms with Gasteiger partial charge in [0.2, 0.25) is 5.76 Å². The predicted octanol–water partition coefficient (Wildman–Crippen LogP) is 4.63. The highest BCUT2D eigenvalue weighted by Crippen LogP contribution is 2.46. The fraction of sp³-hybridized carbons (Fsp3) is 0.208. The number of hydrogen-bond donors (Lipinski definition) is 0. The third-order valence-corrected chi connectivity index (χ3v) is 6.52. The maximum atomic E-state index is 13.7. The molecule has 0 aliphatic carbocycles. The van der Waals surface area contributed by atoms with Crippen LogP contribution in [0, 0.1) is 13.8 Å². The number of para-hydroxylation sites is 1. The lowest BCUT2D eigenvalue weighted by Crippen LogP contribution is -2.29. The summed E-state index contributed by atoms with van der Waals surface area (Å²) in [6, 6.07) is 9.97. The van der Waals surface area contributed by atoms with Crippen LogP contribution in [0.3, 0.4) is 0 Å². The second kappa shape index (κ2) is 7.49. The topological polar surface area (TPSA) is 81.9 Å². The molecule has 0 spiro atoms. The molecular formula is C24H20N2O5S. The molecule has 4 aromatic rings. The first kappa shape index (κ1) is 20.3. The summed E-state index contributed by atoms with van der Waals surface area (Å²) in [4.78, 5) is 33.3. The standard InChI is InChI=1S/C24H20N2O5S/c1-12-8-9-16-15(10-12)20(27)18-19(14-6-5-7-17(29-3)21(14)30-4)26(23(28)22(18)31-16)24-25-13(2)11-32-24/h5-11,19H,1-4H3/t19-/m0/s1. The summed E-state index contributed by atoms with van der Waals surface area (Å²) in [6.07, 6.45) is 0. The van der Waals surface area contributed by atoms with Crippen molar-refractivity contribution in [2.75, 3.05) is 19.1 Å². The van der Waals surface area contributed by atoms with Gasteiger partial charge >= 0.3 is 0 Å². The van der Waals surface area contributed by atoms with Crippen molar-refractivity contribution in [3.8, 4) is 11.5 Å². The number of nitrogens with zero attached hydrogens (tertiary/aromatic N) is 2. The number of rotatable bonds is 4. The Balaban J connectivity index is 1.86. The maximum absolute atomic E-state index is 13.7. The number of thiazole rings is 1. The number of aryl methyl sites for hydroxylation is 2. The monoisotopic (exact) mass is 448 g/mol. The van der Waals surface area contributed by atoms with E-state index in [1.165, 1.54) is 23.3 Å². The van der Waals surface area contributed by atoms with Gasteiger partial charge in [0.15, 0.2) is 22.1 Å². The molecule has 2 aromatic carbocycles. The summed E-state index contributed by atoms with van der Waals surface area (Å²) in [6.45, 7) is 3.76. The van der Waals surface area contributed by atoms with E-state index in [1.807, 2.05) is 31.4 Å². The van der Waals surface area contributed by atoms with Gasteiger partial charge in [0.25, 0.3) is 5.91 Å². The second-order valence-corrected chi connectivity index (χ2v) is 8.44. The fourth-order valence-electron chi connectivity index (χ4n) is 4.16. The number of hydrogen-bond acceptors (Lipinski definition) is 7. The number of carbonyl (C=O) groups excluding carboxylic acids is 1. The summed E-state index contributed by atoms with van der Waals surface area (Å²) in [5.41, 5.74) is 2.73. The van der Waals surface area contributed by atoms with Gasteiger partial charge in [-0.15, -0.1) is 11.3 Å². The maximum Gasteiger partial charge on any atom is 0.297 e. The molecule has 0 saturated heterocycles. The van der Waals surface area contributed by atoms with Crippen molar-refractivity contribution in [3.05, 3.63) is 80.1 Å². The third-order valence-electron chi connectivity index (χ3n) is 5.57. The van der Waals surface area contributed by atoms with Gasteiger partial charge in [0, 0.05) is 10.9 Å². The number of benzene rings is 2. The molecule has 3 heterocycles. The Morgan fingerprint density at radius 2 is 1.91 bits per heavy atom. The normalized spacial score (nSPS) is 15.3. The van der Waals surface area contributed by atoms with Crippen molar-refractivity contribution in [2.24, 2.45) is 0 Å². The average molecular weight is 449 g/mol. The molecule has 0 radical (unpaired) electrons. The van der Waals surface area contributed by atoms with Gasteiger partial charge in [-0.25, -0.2) is 4.98 Å². The molecule has 0 unspecified atom stereocenters. The minimum absolute atomic E-state index is 0.0223. The lowest BCUT2D eigenvalue weighted by molar-refractivity contribution is 0.0970. The van der Waals surface area contributed by atoms with Gasteiger partial charge < -0.3 is 13.9 Å². The number of amides is 1. The lowest BCUT2D eigenvalue weighted by atomic mass is 9.97. The van der Waals surface area contributed by atoms with Crippen LogP contribution in [-0.2, 0) is 0 Å². The molecular weight excluding hydrogens is 428 g/mol. The van der Waals surface area contributed by atoms with Crippen LogP contribution >= 0.6 is 11.3 Å². The van der Waals surface area contributed by atoms with Gasteiger partial charge in [0.05, 0.1) is 30.9 Å². The van der Waals surface area contributed by atoms with E-state index in [1.54, 1.807) is 31.4 Å². The van der Waals surface area contributed by atoms with Gasteiger partial charge in [-0.05, 0) is 32.0 Å². The van der Waals surface area contributed by atoms with E-state index < -0.39 is 11.9 Å². The van der Waals surface area contributed by atoms with Crippen LogP contribution in [0.1, 0.15) is 39.0 Å². The van der Waals surface area contributed by atoms with Crippen LogP contribution in [0.15, 0.2) is 51.0 Å². The molecule has 2 aromatic heterocycles. The molecule has 8 heteroatoms. The molecule has 0 fully saturated rings.